The zero-order valence-corrected chi connectivity index (χ0v) is 33.4. The molecule has 4 aliphatic heterocycles. The number of amides is 2. The molecular formula is C50H51N3O6. The lowest BCUT2D eigenvalue weighted by Gasteiger charge is -2.46. The minimum atomic E-state index is -1.59. The van der Waals surface area contributed by atoms with Gasteiger partial charge in [0, 0.05) is 24.3 Å². The molecule has 2 N–H and O–H groups in total. The number of nitrogens with zero attached hydrogens (tertiary/aromatic N) is 2. The van der Waals surface area contributed by atoms with Crippen molar-refractivity contribution in [1.29, 1.82) is 0 Å². The highest BCUT2D eigenvalue weighted by Gasteiger charge is 2.74. The van der Waals surface area contributed by atoms with Gasteiger partial charge >= 0.3 is 5.97 Å². The molecule has 0 radical (unpaired) electrons. The molecule has 6 atom stereocenters. The molecule has 1 aliphatic carbocycles. The van der Waals surface area contributed by atoms with Crippen LogP contribution < -0.4 is 10.1 Å². The molecule has 2 amide bonds. The highest BCUT2D eigenvalue weighted by atomic mass is 16.6. The molecule has 59 heavy (non-hydrogen) atoms. The number of fused-ring (bicyclic) bond motifs is 3. The lowest BCUT2D eigenvalue weighted by molar-refractivity contribution is -0.179. The van der Waals surface area contributed by atoms with E-state index in [0.29, 0.717) is 35.7 Å². The van der Waals surface area contributed by atoms with Crippen LogP contribution in [0.4, 0.5) is 5.69 Å². The summed E-state index contributed by atoms with van der Waals surface area (Å²) in [6.07, 6.45) is 10.5. The van der Waals surface area contributed by atoms with E-state index in [-0.39, 0.29) is 25.0 Å². The van der Waals surface area contributed by atoms with Crippen LogP contribution in [0, 0.1) is 17.8 Å². The molecule has 302 valence electrons. The number of carbonyl (C=O) groups excluding carboxylic acids is 3. The zero-order chi connectivity index (χ0) is 40.3. The van der Waals surface area contributed by atoms with Crippen molar-refractivity contribution >= 4 is 23.5 Å². The van der Waals surface area contributed by atoms with Gasteiger partial charge in [-0.2, -0.15) is 0 Å². The fourth-order valence-electron chi connectivity index (χ4n) is 10.4. The van der Waals surface area contributed by atoms with Crippen LogP contribution in [0.25, 0.3) is 0 Å². The van der Waals surface area contributed by atoms with Crippen molar-refractivity contribution in [1.82, 2.24) is 9.80 Å². The maximum Gasteiger partial charge on any atom is 0.324 e. The Kier molecular flexibility index (Phi) is 11.1. The molecule has 4 aromatic carbocycles. The van der Waals surface area contributed by atoms with Gasteiger partial charge in [0.05, 0.1) is 24.6 Å². The number of benzene rings is 4. The second-order valence-electron chi connectivity index (χ2n) is 16.4. The third kappa shape index (κ3) is 7.13. The van der Waals surface area contributed by atoms with Gasteiger partial charge in [0.2, 0.25) is 11.8 Å². The molecule has 9 rings (SSSR count). The Balaban J connectivity index is 1.32. The van der Waals surface area contributed by atoms with E-state index in [1.54, 1.807) is 0 Å². The van der Waals surface area contributed by atoms with Gasteiger partial charge in [-0.25, -0.2) is 0 Å². The summed E-state index contributed by atoms with van der Waals surface area (Å²) in [5, 5.41) is 12.9. The number of ether oxygens (including phenoxy) is 2. The summed E-state index contributed by atoms with van der Waals surface area (Å²) < 4.78 is 12.6. The predicted octanol–water partition coefficient (Wildman–Crippen LogP) is 7.97. The highest BCUT2D eigenvalue weighted by molar-refractivity contribution is 6.12. The number of morpholine rings is 1. The smallest absolute Gasteiger partial charge is 0.324 e. The third-order valence-corrected chi connectivity index (χ3v) is 12.9. The summed E-state index contributed by atoms with van der Waals surface area (Å²) in [6, 6.07) is 30.5. The number of aliphatic hydroxyl groups is 1. The molecule has 9 nitrogen and oxygen atoms in total. The van der Waals surface area contributed by atoms with E-state index >= 15 is 14.4 Å². The van der Waals surface area contributed by atoms with E-state index in [9.17, 15) is 5.11 Å². The van der Waals surface area contributed by atoms with Crippen LogP contribution in [0.1, 0.15) is 104 Å². The summed E-state index contributed by atoms with van der Waals surface area (Å²) in [6.45, 7) is 1.01. The average Bonchev–Trinajstić information content (AvgIpc) is 3.74. The number of hydrogen-bond donors (Lipinski definition) is 2. The molecule has 0 bridgehead atoms. The van der Waals surface area contributed by atoms with Gasteiger partial charge in [-0.3, -0.25) is 19.3 Å². The fourth-order valence-corrected chi connectivity index (χ4v) is 10.4. The summed E-state index contributed by atoms with van der Waals surface area (Å²) in [5.41, 5.74) is 3.92. The van der Waals surface area contributed by atoms with Crippen LogP contribution in [-0.2, 0) is 24.5 Å². The molecule has 3 fully saturated rings. The van der Waals surface area contributed by atoms with Crippen molar-refractivity contribution in [2.24, 2.45) is 5.92 Å². The van der Waals surface area contributed by atoms with Crippen molar-refractivity contribution in [3.05, 3.63) is 143 Å². The Bertz CT molecular complexity index is 2290. The van der Waals surface area contributed by atoms with E-state index < -0.39 is 41.5 Å². The maximum absolute atomic E-state index is 15.8. The number of likely N-dealkylation sites (tertiary alicyclic amines) is 1. The first-order valence-corrected chi connectivity index (χ1v) is 21.4. The minimum Gasteiger partial charge on any atom is -0.491 e. The number of anilines is 1. The van der Waals surface area contributed by atoms with Crippen LogP contribution in [0.5, 0.6) is 5.75 Å². The summed E-state index contributed by atoms with van der Waals surface area (Å²) in [5.74, 6) is 5.09. The standard InChI is InChI=1S/C50H51N3O6/c54-30-31-58-39-23-15-22-38(33-39)46-50(40-32-35(26-27-41(40)51-49(50)57)25-24-34-16-7-4-8-17-34)42(47(55)52-28-13-2-1-3-14-29-52)44-48(56)59-45(37-20-11-6-12-21-37)43(53(44)46)36-18-9-5-10-19-36/h5-6,9-12,15-16,18-23,26-27,32-33,42-46,54H,1-4,7-8,13-14,17,28-31H2,(H,51,57). The van der Waals surface area contributed by atoms with Gasteiger partial charge < -0.3 is 24.8 Å². The molecule has 3 saturated heterocycles. The van der Waals surface area contributed by atoms with Crippen molar-refractivity contribution < 1.29 is 29.0 Å². The van der Waals surface area contributed by atoms with Crippen LogP contribution in [0.15, 0.2) is 115 Å². The monoisotopic (exact) mass is 789 g/mol. The Morgan fingerprint density at radius 1 is 0.797 bits per heavy atom. The molecule has 4 aromatic rings. The summed E-state index contributed by atoms with van der Waals surface area (Å²) in [4.78, 5) is 50.7. The first kappa shape index (κ1) is 38.8. The average molecular weight is 790 g/mol. The molecule has 5 aliphatic rings. The van der Waals surface area contributed by atoms with E-state index in [4.69, 9.17) is 9.47 Å². The number of rotatable bonds is 7. The number of nitrogens with one attached hydrogen (secondary N) is 1. The zero-order valence-electron chi connectivity index (χ0n) is 33.4. The molecule has 0 aromatic heterocycles. The minimum absolute atomic E-state index is 0.0818. The number of allylic oxidation sites excluding steroid dienone is 2. The quantitative estimate of drug-likeness (QED) is 0.145. The van der Waals surface area contributed by atoms with E-state index in [0.717, 1.165) is 80.1 Å². The van der Waals surface area contributed by atoms with E-state index in [1.807, 2.05) is 108 Å². The van der Waals surface area contributed by atoms with E-state index in [1.165, 1.54) is 0 Å². The van der Waals surface area contributed by atoms with Crippen LogP contribution >= 0.6 is 0 Å². The Morgan fingerprint density at radius 2 is 1.53 bits per heavy atom. The van der Waals surface area contributed by atoms with Crippen molar-refractivity contribution in [2.45, 2.75) is 87.4 Å². The normalized spacial score (nSPS) is 26.6. The Labute approximate surface area is 346 Å². The van der Waals surface area contributed by atoms with Crippen LogP contribution in [0.2, 0.25) is 0 Å². The maximum atomic E-state index is 15.8. The van der Waals surface area contributed by atoms with Crippen molar-refractivity contribution in [2.75, 3.05) is 31.6 Å². The van der Waals surface area contributed by atoms with Gasteiger partial charge in [-0.15, -0.1) is 0 Å². The topological polar surface area (TPSA) is 108 Å². The van der Waals surface area contributed by atoms with Crippen molar-refractivity contribution in [3.63, 3.8) is 0 Å². The lowest BCUT2D eigenvalue weighted by atomic mass is 9.65. The number of cyclic esters (lactones) is 1. The van der Waals surface area contributed by atoms with Crippen LogP contribution in [-0.4, -0.2) is 65.0 Å². The van der Waals surface area contributed by atoms with E-state index in [2.05, 4.69) is 28.1 Å². The SMILES string of the molecule is O=C1OC(c2ccccc2)C(c2ccccc2)N2C1C(C(=O)N1CCCCCCC1)C1(C(=O)Nc3ccc(C#CC4=CCCCC4)cc31)C2c1cccc(OCCO)c1. The fraction of sp³-hybridized carbons (Fsp3) is 0.380. The second-order valence-corrected chi connectivity index (χ2v) is 16.4. The number of esters is 1. The molecule has 1 spiro atoms. The Hall–Kier alpha value is -5.69. The second kappa shape index (κ2) is 16.9. The highest BCUT2D eigenvalue weighted by Crippen LogP contribution is 2.65. The number of hydrogen-bond acceptors (Lipinski definition) is 7. The summed E-state index contributed by atoms with van der Waals surface area (Å²) in [7, 11) is 0. The first-order valence-electron chi connectivity index (χ1n) is 21.4. The van der Waals surface area contributed by atoms with Gasteiger partial charge in [0.15, 0.2) is 0 Å². The van der Waals surface area contributed by atoms with Gasteiger partial charge in [0.25, 0.3) is 0 Å². The third-order valence-electron chi connectivity index (χ3n) is 12.9. The predicted molar refractivity (Wildman–Crippen MR) is 225 cm³/mol. The van der Waals surface area contributed by atoms with Gasteiger partial charge in [-0.05, 0) is 96.7 Å². The number of aliphatic hydroxyl groups excluding tert-OH is 1. The first-order chi connectivity index (χ1) is 29.0. The Morgan fingerprint density at radius 3 is 2.25 bits per heavy atom. The number of carbonyl (C=O) groups is 3. The lowest BCUT2D eigenvalue weighted by Crippen LogP contribution is -2.55. The molecule has 0 saturated carbocycles. The molecule has 4 heterocycles. The molecule has 6 unspecified atom stereocenters. The largest absolute Gasteiger partial charge is 0.491 e. The summed E-state index contributed by atoms with van der Waals surface area (Å²) >= 11 is 0. The van der Waals surface area contributed by atoms with Gasteiger partial charge in [-0.1, -0.05) is 110 Å². The van der Waals surface area contributed by atoms with Crippen molar-refractivity contribution in [3.8, 4) is 17.6 Å². The molecular weight excluding hydrogens is 739 g/mol. The molecule has 9 heteroatoms. The van der Waals surface area contributed by atoms with Crippen LogP contribution in [0.3, 0.4) is 0 Å². The van der Waals surface area contributed by atoms with Gasteiger partial charge in [0.1, 0.15) is 29.9 Å².